The van der Waals surface area contributed by atoms with Gasteiger partial charge in [0, 0.05) is 12.3 Å². The van der Waals surface area contributed by atoms with E-state index in [0.717, 1.165) is 29.4 Å². The highest BCUT2D eigenvalue weighted by Crippen LogP contribution is 2.45. The van der Waals surface area contributed by atoms with Crippen LogP contribution < -0.4 is 0 Å². The van der Waals surface area contributed by atoms with Crippen LogP contribution in [0.25, 0.3) is 0 Å². The van der Waals surface area contributed by atoms with Crippen molar-refractivity contribution in [3.63, 3.8) is 0 Å². The molecule has 0 spiro atoms. The van der Waals surface area contributed by atoms with Crippen molar-refractivity contribution in [2.75, 3.05) is 20.3 Å². The van der Waals surface area contributed by atoms with E-state index in [-0.39, 0.29) is 55.3 Å². The first-order valence-electron chi connectivity index (χ1n) is 29.7. The van der Waals surface area contributed by atoms with Crippen LogP contribution in [0.5, 0.6) is 0 Å². The fourth-order valence-corrected chi connectivity index (χ4v) is 11.1. The highest BCUT2D eigenvalue weighted by atomic mass is 16.7. The third kappa shape index (κ3) is 17.0. The number of methoxy groups -OCH3 is 1. The molecule has 1 N–H and O–H groups in total. The van der Waals surface area contributed by atoms with Gasteiger partial charge in [-0.2, -0.15) is 0 Å². The number of benzene rings is 8. The lowest BCUT2D eigenvalue weighted by Gasteiger charge is -2.52. The SMILES string of the molecule is COC(=O)[C@@]1(C[C@H]2[C@@H](OCc3ccccc3)[C@@H](COCc3ccccc3)O[C@@H](OCc3ccccc3)[C@@H]2OCc2ccccc2)C[C@H](OC(=O)c2ccccc2)[C@H](O)[C@H]([C@H](OC(=O)c2ccccc2)[C@@H](COC(=O)c2ccccc2)OC(=O)c2ccccc2)O1. The quantitative estimate of drug-likeness (QED) is 0.0375. The van der Waals surface area contributed by atoms with Crippen molar-refractivity contribution in [1.29, 1.82) is 0 Å². The number of aliphatic hydroxyl groups is 1. The molecule has 2 heterocycles. The summed E-state index contributed by atoms with van der Waals surface area (Å²) in [5.74, 6) is -5.75. The van der Waals surface area contributed by atoms with Crippen molar-refractivity contribution < 1.29 is 81.2 Å². The lowest BCUT2D eigenvalue weighted by Crippen LogP contribution is -2.67. The smallest absolute Gasteiger partial charge is 0.338 e. The lowest BCUT2D eigenvalue weighted by atomic mass is 9.74. The third-order valence-corrected chi connectivity index (χ3v) is 15.6. The number of esters is 5. The molecule has 2 saturated heterocycles. The first-order chi connectivity index (χ1) is 44.0. The number of rotatable bonds is 27. The molecule has 0 bridgehead atoms. The van der Waals surface area contributed by atoms with Gasteiger partial charge in [0.1, 0.15) is 37.1 Å². The molecule has 17 heteroatoms. The van der Waals surface area contributed by atoms with E-state index >= 15 is 4.79 Å². The molecule has 0 unspecified atom stereocenters. The number of aliphatic hydroxyl groups excluding tert-OH is 1. The van der Waals surface area contributed by atoms with Crippen LogP contribution in [0.3, 0.4) is 0 Å². The van der Waals surface area contributed by atoms with Crippen LogP contribution in [-0.4, -0.2) is 116 Å². The molecule has 8 aromatic rings. The van der Waals surface area contributed by atoms with Gasteiger partial charge in [0.15, 0.2) is 24.1 Å². The summed E-state index contributed by atoms with van der Waals surface area (Å²) in [6.45, 7) is -0.604. The van der Waals surface area contributed by atoms with Gasteiger partial charge in [-0.3, -0.25) is 0 Å². The van der Waals surface area contributed by atoms with Crippen molar-refractivity contribution in [2.45, 2.75) is 100.0 Å². The molecule has 0 aliphatic carbocycles. The number of ether oxygens (including phenoxy) is 11. The third-order valence-electron chi connectivity index (χ3n) is 15.6. The number of carbonyl (C=O) groups excluding carboxylic acids is 5. The zero-order valence-corrected chi connectivity index (χ0v) is 49.5. The summed E-state index contributed by atoms with van der Waals surface area (Å²) in [5.41, 5.74) is 1.24. The molecule has 8 aromatic carbocycles. The molecule has 90 heavy (non-hydrogen) atoms. The van der Waals surface area contributed by atoms with Gasteiger partial charge in [-0.25, -0.2) is 24.0 Å². The Morgan fingerprint density at radius 3 is 1.39 bits per heavy atom. The van der Waals surface area contributed by atoms with Gasteiger partial charge in [-0.1, -0.05) is 194 Å². The number of hydrogen-bond acceptors (Lipinski definition) is 17. The van der Waals surface area contributed by atoms with Crippen LogP contribution in [0.15, 0.2) is 243 Å². The van der Waals surface area contributed by atoms with E-state index in [1.807, 2.05) is 121 Å². The maximum Gasteiger partial charge on any atom is 0.338 e. The Labute approximate surface area is 522 Å². The van der Waals surface area contributed by atoms with Gasteiger partial charge in [-0.15, -0.1) is 0 Å². The fourth-order valence-electron chi connectivity index (χ4n) is 11.1. The summed E-state index contributed by atoms with van der Waals surface area (Å²) in [4.78, 5) is 73.3. The molecule has 0 aromatic heterocycles. The predicted octanol–water partition coefficient (Wildman–Crippen LogP) is 10.9. The molecule has 2 aliphatic heterocycles. The predicted molar refractivity (Wildman–Crippen MR) is 328 cm³/mol. The summed E-state index contributed by atoms with van der Waals surface area (Å²) >= 11 is 0. The topological polar surface area (TPSA) is 207 Å². The minimum absolute atomic E-state index is 0.00948. The summed E-state index contributed by atoms with van der Waals surface area (Å²) in [5, 5.41) is 13.1. The zero-order chi connectivity index (χ0) is 62.5. The van der Waals surface area contributed by atoms with Crippen LogP contribution in [0, 0.1) is 5.92 Å². The van der Waals surface area contributed by atoms with Gasteiger partial charge in [0.05, 0.1) is 68.5 Å². The largest absolute Gasteiger partial charge is 0.467 e. The fraction of sp³-hybridized carbons (Fsp3) is 0.274. The average Bonchev–Trinajstić information content (AvgIpc) is 1.02. The van der Waals surface area contributed by atoms with E-state index in [2.05, 4.69) is 0 Å². The zero-order valence-electron chi connectivity index (χ0n) is 49.5. The molecule has 11 atom stereocenters. The van der Waals surface area contributed by atoms with Gasteiger partial charge >= 0.3 is 29.8 Å². The Morgan fingerprint density at radius 2 is 0.911 bits per heavy atom. The van der Waals surface area contributed by atoms with Crippen LogP contribution in [-0.2, 0) is 83.3 Å². The minimum atomic E-state index is -2.35. The summed E-state index contributed by atoms with van der Waals surface area (Å²) in [7, 11) is 1.15. The van der Waals surface area contributed by atoms with E-state index in [1.165, 1.54) is 48.5 Å². The molecular weight excluding hydrogens is 1150 g/mol. The number of hydrogen-bond donors (Lipinski definition) is 1. The Bertz CT molecular complexity index is 3520. The Hall–Kier alpha value is -9.17. The second-order valence-corrected chi connectivity index (χ2v) is 21.8. The van der Waals surface area contributed by atoms with Crippen LogP contribution in [0.2, 0.25) is 0 Å². The molecule has 0 amide bonds. The standard InChI is InChI=1S/C73H70O17/c1-80-72(79)73(42-58-63(82-45-51-28-12-3-13-29-51)60(48-81-44-50-26-10-2-11-27-50)88-71(85-47-53-32-16-5-17-33-53)64(58)83-46-52-30-14-4-15-31-52)43-59(86-68(76)55-36-20-7-21-37-55)62(74)66(90-73)65(89-70(78)57-40-24-9-25-41-57)61(87-69(77)56-38-22-8-23-39-56)49-84-67(75)54-34-18-6-19-35-54/h2-41,58-66,71,74H,42-49H2,1H3/t58-,59-,60+,61+,62-,63+,64+,65+,66+,71+,73+/m0/s1. The Morgan fingerprint density at radius 1 is 0.500 bits per heavy atom. The maximum atomic E-state index is 15.7. The first kappa shape index (κ1) is 63.8. The van der Waals surface area contributed by atoms with Crippen molar-refractivity contribution >= 4 is 29.8 Å². The molecule has 464 valence electrons. The highest BCUT2D eigenvalue weighted by molar-refractivity contribution is 5.91. The monoisotopic (exact) mass is 1220 g/mol. The molecule has 0 radical (unpaired) electrons. The molecule has 10 rings (SSSR count). The van der Waals surface area contributed by atoms with Crippen LogP contribution >= 0.6 is 0 Å². The van der Waals surface area contributed by atoms with Crippen LogP contribution in [0.4, 0.5) is 0 Å². The minimum Gasteiger partial charge on any atom is -0.467 e. The van der Waals surface area contributed by atoms with Gasteiger partial charge in [0.2, 0.25) is 0 Å². The van der Waals surface area contributed by atoms with Gasteiger partial charge in [-0.05, 0) is 77.2 Å². The summed E-state index contributed by atoms with van der Waals surface area (Å²) in [6, 6.07) is 69.7. The van der Waals surface area contributed by atoms with E-state index in [1.54, 1.807) is 72.8 Å². The first-order valence-corrected chi connectivity index (χ1v) is 29.7. The normalized spacial score (nSPS) is 22.0. The van der Waals surface area contributed by atoms with E-state index in [0.29, 0.717) is 0 Å². The van der Waals surface area contributed by atoms with E-state index < -0.39 is 116 Å². The molecular formula is C73H70O17. The molecule has 2 aliphatic rings. The highest BCUT2D eigenvalue weighted by Gasteiger charge is 2.61. The Kier molecular flexibility index (Phi) is 22.6. The van der Waals surface area contributed by atoms with E-state index in [9.17, 15) is 24.3 Å². The Balaban J connectivity index is 1.13. The van der Waals surface area contributed by atoms with Crippen molar-refractivity contribution in [3.8, 4) is 0 Å². The second-order valence-electron chi connectivity index (χ2n) is 21.8. The van der Waals surface area contributed by atoms with Crippen molar-refractivity contribution in [3.05, 3.63) is 287 Å². The summed E-state index contributed by atoms with van der Waals surface area (Å²) < 4.78 is 72.5. The van der Waals surface area contributed by atoms with Crippen molar-refractivity contribution in [2.24, 2.45) is 5.92 Å². The molecule has 0 saturated carbocycles. The lowest BCUT2D eigenvalue weighted by molar-refractivity contribution is -0.323. The van der Waals surface area contributed by atoms with E-state index in [4.69, 9.17) is 52.1 Å². The maximum absolute atomic E-state index is 15.7. The molecule has 17 nitrogen and oxygen atoms in total. The average molecular weight is 1220 g/mol. The van der Waals surface area contributed by atoms with Crippen LogP contribution in [0.1, 0.15) is 76.5 Å². The number of carbonyl (C=O) groups is 5. The molecule has 2 fully saturated rings. The van der Waals surface area contributed by atoms with Gasteiger partial charge in [0.25, 0.3) is 0 Å². The summed E-state index contributed by atoms with van der Waals surface area (Å²) in [6.07, 6.45) is -14.9. The second kappa shape index (κ2) is 31.8. The van der Waals surface area contributed by atoms with Gasteiger partial charge < -0.3 is 57.2 Å². The van der Waals surface area contributed by atoms with Crippen molar-refractivity contribution in [1.82, 2.24) is 0 Å².